The lowest BCUT2D eigenvalue weighted by Crippen LogP contribution is -2.35. The quantitative estimate of drug-likeness (QED) is 0.210. The van der Waals surface area contributed by atoms with Crippen LogP contribution in [0.3, 0.4) is 0 Å². The van der Waals surface area contributed by atoms with Gasteiger partial charge in [-0.3, -0.25) is 19.8 Å². The minimum Gasteiger partial charge on any atom is -0.493 e. The Bertz CT molecular complexity index is 1080. The van der Waals surface area contributed by atoms with Crippen LogP contribution in [0.25, 0.3) is 6.08 Å². The first-order valence-electron chi connectivity index (χ1n) is 11.9. The highest BCUT2D eigenvalue weighted by molar-refractivity contribution is 6.31. The predicted molar refractivity (Wildman–Crippen MR) is 133 cm³/mol. The molecule has 0 aromatic heterocycles. The van der Waals surface area contributed by atoms with Crippen LogP contribution in [-0.2, 0) is 19.1 Å². The minimum absolute atomic E-state index is 0.0163. The van der Waals surface area contributed by atoms with Crippen LogP contribution >= 0.6 is 0 Å². The summed E-state index contributed by atoms with van der Waals surface area (Å²) < 4.78 is 16.9. The molecular weight excluding hydrogens is 448 g/mol. The second-order valence-electron chi connectivity index (χ2n) is 8.04. The third-order valence-corrected chi connectivity index (χ3v) is 5.38. The molecule has 2 aromatic carbocycles. The number of nitrogens with zero attached hydrogens (tertiary/aromatic N) is 1. The van der Waals surface area contributed by atoms with Crippen LogP contribution in [0, 0.1) is 6.92 Å². The number of esters is 1. The van der Waals surface area contributed by atoms with Gasteiger partial charge in [0.05, 0.1) is 25.5 Å². The number of hydrogen-bond donors (Lipinski definition) is 1. The van der Waals surface area contributed by atoms with Crippen molar-refractivity contribution in [3.05, 3.63) is 59.2 Å². The van der Waals surface area contributed by atoms with E-state index in [2.05, 4.69) is 5.43 Å². The normalized spacial score (nSPS) is 14.3. The van der Waals surface area contributed by atoms with E-state index in [1.807, 2.05) is 26.0 Å². The zero-order chi connectivity index (χ0) is 25.2. The van der Waals surface area contributed by atoms with E-state index in [1.165, 1.54) is 5.01 Å². The van der Waals surface area contributed by atoms with E-state index in [4.69, 9.17) is 14.2 Å². The second-order valence-corrected chi connectivity index (χ2v) is 8.04. The number of nitrogens with one attached hydrogen (secondary N) is 1. The summed E-state index contributed by atoms with van der Waals surface area (Å²) in [5.74, 6) is 0.0798. The van der Waals surface area contributed by atoms with Gasteiger partial charge in [-0.05, 0) is 63.5 Å². The Kier molecular flexibility index (Phi) is 9.29. The zero-order valence-corrected chi connectivity index (χ0v) is 20.5. The molecule has 1 aliphatic heterocycles. The van der Waals surface area contributed by atoms with E-state index >= 15 is 0 Å². The average Bonchev–Trinajstić information content (AvgIpc) is 3.14. The van der Waals surface area contributed by atoms with Gasteiger partial charge in [-0.1, -0.05) is 25.1 Å². The molecule has 1 aliphatic rings. The van der Waals surface area contributed by atoms with E-state index < -0.39 is 11.8 Å². The molecule has 0 saturated carbocycles. The first-order valence-corrected chi connectivity index (χ1v) is 11.9. The van der Waals surface area contributed by atoms with Crippen molar-refractivity contribution in [1.82, 2.24) is 5.43 Å². The Morgan fingerprint density at radius 2 is 1.77 bits per heavy atom. The van der Waals surface area contributed by atoms with Crippen molar-refractivity contribution in [2.75, 3.05) is 24.8 Å². The molecule has 2 aromatic rings. The summed E-state index contributed by atoms with van der Waals surface area (Å²) in [5.41, 5.74) is 4.59. The molecule has 8 nitrogen and oxygen atoms in total. The van der Waals surface area contributed by atoms with Crippen molar-refractivity contribution < 1.29 is 28.6 Å². The maximum absolute atomic E-state index is 13.0. The molecule has 1 heterocycles. The Hall–Kier alpha value is -3.81. The summed E-state index contributed by atoms with van der Waals surface area (Å²) in [6, 6.07) is 12.5. The van der Waals surface area contributed by atoms with Gasteiger partial charge in [0.15, 0.2) is 0 Å². The highest BCUT2D eigenvalue weighted by Crippen LogP contribution is 2.34. The molecule has 0 spiro atoms. The first kappa shape index (κ1) is 25.8. The molecule has 186 valence electrons. The molecule has 1 saturated heterocycles. The minimum atomic E-state index is -0.483. The van der Waals surface area contributed by atoms with Crippen molar-refractivity contribution in [1.29, 1.82) is 0 Å². The maximum Gasteiger partial charge on any atom is 0.305 e. The molecule has 35 heavy (non-hydrogen) atoms. The van der Waals surface area contributed by atoms with Crippen LogP contribution in [0.4, 0.5) is 5.69 Å². The second kappa shape index (κ2) is 12.6. The van der Waals surface area contributed by atoms with Crippen molar-refractivity contribution >= 4 is 29.5 Å². The number of carbonyl (C=O) groups excluding carboxylic acids is 3. The molecule has 2 amide bonds. The molecule has 3 rings (SSSR count). The third kappa shape index (κ3) is 6.62. The third-order valence-electron chi connectivity index (χ3n) is 5.38. The monoisotopic (exact) mass is 480 g/mol. The fourth-order valence-electron chi connectivity index (χ4n) is 3.62. The summed E-state index contributed by atoms with van der Waals surface area (Å²) in [7, 11) is 0. The van der Waals surface area contributed by atoms with Gasteiger partial charge in [0.2, 0.25) is 0 Å². The largest absolute Gasteiger partial charge is 0.493 e. The topological polar surface area (TPSA) is 94.2 Å². The average molecular weight is 481 g/mol. The van der Waals surface area contributed by atoms with E-state index in [0.29, 0.717) is 61.8 Å². The molecule has 0 atom stereocenters. The number of hydrogen-bond acceptors (Lipinski definition) is 6. The number of carbonyl (C=O) groups is 3. The van der Waals surface area contributed by atoms with Crippen LogP contribution in [0.5, 0.6) is 11.5 Å². The number of anilines is 1. The number of hydrazine groups is 1. The highest BCUT2D eigenvalue weighted by atomic mass is 16.5. The van der Waals surface area contributed by atoms with Crippen LogP contribution in [0.1, 0.15) is 50.7 Å². The van der Waals surface area contributed by atoms with E-state index in [9.17, 15) is 14.4 Å². The molecule has 0 aliphatic carbocycles. The fourth-order valence-corrected chi connectivity index (χ4v) is 3.62. The van der Waals surface area contributed by atoms with Gasteiger partial charge in [0, 0.05) is 17.5 Å². The SMILES string of the molecule is CCCOc1ccc(/C=C2/C(=O)NN(c3ccccc3)C2=O)c(OCCCCC(=O)OCC)c1C. The lowest BCUT2D eigenvalue weighted by molar-refractivity contribution is -0.143. The molecule has 0 unspecified atom stereocenters. The van der Waals surface area contributed by atoms with Crippen LogP contribution in [0.2, 0.25) is 0 Å². The zero-order valence-electron chi connectivity index (χ0n) is 20.5. The van der Waals surface area contributed by atoms with Gasteiger partial charge in [0.25, 0.3) is 11.8 Å². The summed E-state index contributed by atoms with van der Waals surface area (Å²) in [5, 5.41) is 1.23. The van der Waals surface area contributed by atoms with Gasteiger partial charge in [-0.2, -0.15) is 0 Å². The van der Waals surface area contributed by atoms with Crippen LogP contribution < -0.4 is 19.9 Å². The number of amides is 2. The summed E-state index contributed by atoms with van der Waals surface area (Å²) >= 11 is 0. The van der Waals surface area contributed by atoms with Crippen molar-refractivity contribution in [2.24, 2.45) is 0 Å². The van der Waals surface area contributed by atoms with Crippen molar-refractivity contribution in [3.8, 4) is 11.5 Å². The van der Waals surface area contributed by atoms with Gasteiger partial charge in [0.1, 0.15) is 17.1 Å². The predicted octanol–water partition coefficient (Wildman–Crippen LogP) is 4.36. The summed E-state index contributed by atoms with van der Waals surface area (Å²) in [6.45, 7) is 6.98. The number of para-hydroxylation sites is 1. The standard InChI is InChI=1S/C27H32N2O6/c1-4-16-34-23-15-14-20(25(19(23)3)35-17-10-9-13-24(30)33-5-2)18-22-26(31)28-29(27(22)32)21-11-7-6-8-12-21/h6-8,11-12,14-15,18H,4-5,9-10,13,16-17H2,1-3H3,(H,28,31)/b22-18-. The number of unbranched alkanes of at least 4 members (excludes halogenated alkanes) is 1. The van der Waals surface area contributed by atoms with Gasteiger partial charge in [-0.25, -0.2) is 5.01 Å². The summed E-state index contributed by atoms with van der Waals surface area (Å²) in [4.78, 5) is 37.2. The Morgan fingerprint density at radius 1 is 1.00 bits per heavy atom. The van der Waals surface area contributed by atoms with Crippen LogP contribution in [-0.4, -0.2) is 37.6 Å². The Morgan fingerprint density at radius 3 is 2.49 bits per heavy atom. The number of benzene rings is 2. The lowest BCUT2D eigenvalue weighted by atomic mass is 10.0. The number of rotatable bonds is 12. The van der Waals surface area contributed by atoms with E-state index in [1.54, 1.807) is 43.3 Å². The smallest absolute Gasteiger partial charge is 0.305 e. The first-order chi connectivity index (χ1) is 17.0. The molecule has 0 radical (unpaired) electrons. The van der Waals surface area contributed by atoms with Crippen molar-refractivity contribution in [2.45, 2.75) is 46.5 Å². The van der Waals surface area contributed by atoms with E-state index in [-0.39, 0.29) is 11.5 Å². The Labute approximate surface area is 205 Å². The van der Waals surface area contributed by atoms with E-state index in [0.717, 1.165) is 12.0 Å². The van der Waals surface area contributed by atoms with Crippen LogP contribution in [0.15, 0.2) is 48.0 Å². The van der Waals surface area contributed by atoms with Gasteiger partial charge < -0.3 is 14.2 Å². The lowest BCUT2D eigenvalue weighted by Gasteiger charge is -2.16. The molecular formula is C27H32N2O6. The van der Waals surface area contributed by atoms with Gasteiger partial charge >= 0.3 is 5.97 Å². The number of ether oxygens (including phenoxy) is 3. The highest BCUT2D eigenvalue weighted by Gasteiger charge is 2.34. The van der Waals surface area contributed by atoms with Gasteiger partial charge in [-0.15, -0.1) is 0 Å². The molecule has 1 N–H and O–H groups in total. The molecule has 0 bridgehead atoms. The van der Waals surface area contributed by atoms with Crippen molar-refractivity contribution in [3.63, 3.8) is 0 Å². The summed E-state index contributed by atoms with van der Waals surface area (Å²) in [6.07, 6.45) is 4.02. The Balaban J connectivity index is 1.81. The molecule has 1 fully saturated rings. The fraction of sp³-hybridized carbons (Fsp3) is 0.370. The molecule has 8 heteroatoms. The maximum atomic E-state index is 13.0.